The van der Waals surface area contributed by atoms with Crippen LogP contribution in [0.25, 0.3) is 11.3 Å². The third kappa shape index (κ3) is 4.06. The second kappa shape index (κ2) is 8.43. The Kier molecular flexibility index (Phi) is 5.79. The van der Waals surface area contributed by atoms with Crippen LogP contribution in [-0.2, 0) is 0 Å². The summed E-state index contributed by atoms with van der Waals surface area (Å²) in [6, 6.07) is 17.7. The van der Waals surface area contributed by atoms with Gasteiger partial charge in [0, 0.05) is 17.3 Å². The summed E-state index contributed by atoms with van der Waals surface area (Å²) in [4.78, 5) is 27.8. The Bertz CT molecular complexity index is 1030. The first-order valence-electron chi connectivity index (χ1n) is 8.85. The molecule has 0 aliphatic heterocycles. The van der Waals surface area contributed by atoms with E-state index >= 15 is 0 Å². The third-order valence-corrected chi connectivity index (χ3v) is 4.49. The fourth-order valence-corrected chi connectivity index (χ4v) is 2.97. The van der Waals surface area contributed by atoms with Gasteiger partial charge in [0.25, 0.3) is 11.5 Å². The first kappa shape index (κ1) is 19.2. The number of carbonyl (C=O) groups is 1. The molecule has 0 fully saturated rings. The highest BCUT2D eigenvalue weighted by Gasteiger charge is 2.18. The summed E-state index contributed by atoms with van der Waals surface area (Å²) in [7, 11) is 3.13. The maximum Gasteiger partial charge on any atom is 0.261 e. The minimum absolute atomic E-state index is 0.0546. The van der Waals surface area contributed by atoms with E-state index in [1.165, 1.54) is 6.07 Å². The maximum absolute atomic E-state index is 12.6. The first-order valence-corrected chi connectivity index (χ1v) is 8.85. The molecule has 1 aromatic heterocycles. The van der Waals surface area contributed by atoms with E-state index in [0.717, 1.165) is 11.1 Å². The number of H-pyrrole nitrogens is 1. The molecule has 3 rings (SSSR count). The smallest absolute Gasteiger partial charge is 0.261 e. The number of ether oxygens (including phenoxy) is 2. The van der Waals surface area contributed by atoms with Crippen molar-refractivity contribution in [2.75, 3.05) is 14.2 Å². The number of pyridine rings is 1. The highest BCUT2D eigenvalue weighted by atomic mass is 16.5. The summed E-state index contributed by atoms with van der Waals surface area (Å²) in [5.41, 5.74) is 1.94. The van der Waals surface area contributed by atoms with Gasteiger partial charge < -0.3 is 19.8 Å². The van der Waals surface area contributed by atoms with Gasteiger partial charge in [-0.15, -0.1) is 0 Å². The van der Waals surface area contributed by atoms with Crippen LogP contribution >= 0.6 is 0 Å². The van der Waals surface area contributed by atoms with Crippen LogP contribution in [0.2, 0.25) is 0 Å². The monoisotopic (exact) mass is 378 g/mol. The molecule has 1 heterocycles. The number of nitrogens with one attached hydrogen (secondary N) is 2. The Balaban J connectivity index is 1.80. The van der Waals surface area contributed by atoms with Crippen LogP contribution in [0.15, 0.2) is 65.5 Å². The molecule has 0 spiro atoms. The number of aromatic amines is 1. The van der Waals surface area contributed by atoms with Crippen molar-refractivity contribution in [3.05, 3.63) is 82.1 Å². The molecule has 2 aromatic carbocycles. The summed E-state index contributed by atoms with van der Waals surface area (Å²) < 4.78 is 10.6. The van der Waals surface area contributed by atoms with Crippen LogP contribution in [0.4, 0.5) is 0 Å². The van der Waals surface area contributed by atoms with Gasteiger partial charge in [0.15, 0.2) is 0 Å². The molecule has 0 aliphatic rings. The predicted octanol–water partition coefficient (Wildman–Crippen LogP) is 3.55. The zero-order chi connectivity index (χ0) is 20.1. The van der Waals surface area contributed by atoms with Gasteiger partial charge in [-0.05, 0) is 36.8 Å². The molecule has 2 N–H and O–H groups in total. The zero-order valence-electron chi connectivity index (χ0n) is 16.0. The van der Waals surface area contributed by atoms with Crippen molar-refractivity contribution in [2.45, 2.75) is 13.0 Å². The van der Waals surface area contributed by atoms with Gasteiger partial charge in [0.2, 0.25) is 0 Å². The SMILES string of the molecule is COc1ccc([C@H](C)NC(=O)c2ccc(-c3ccccc3)[nH]c2=O)c(OC)c1. The van der Waals surface area contributed by atoms with Crippen molar-refractivity contribution in [1.29, 1.82) is 0 Å². The van der Waals surface area contributed by atoms with Crippen molar-refractivity contribution >= 4 is 5.91 Å². The van der Waals surface area contributed by atoms with Gasteiger partial charge in [-0.3, -0.25) is 9.59 Å². The zero-order valence-corrected chi connectivity index (χ0v) is 16.0. The lowest BCUT2D eigenvalue weighted by Crippen LogP contribution is -2.31. The van der Waals surface area contributed by atoms with Crippen LogP contribution < -0.4 is 20.3 Å². The number of aromatic nitrogens is 1. The second-order valence-corrected chi connectivity index (χ2v) is 6.28. The van der Waals surface area contributed by atoms with E-state index in [-0.39, 0.29) is 11.6 Å². The first-order chi connectivity index (χ1) is 13.5. The van der Waals surface area contributed by atoms with E-state index < -0.39 is 11.5 Å². The van der Waals surface area contributed by atoms with Crippen LogP contribution in [-0.4, -0.2) is 25.1 Å². The Labute approximate surface area is 163 Å². The Hall–Kier alpha value is -3.54. The number of methoxy groups -OCH3 is 2. The molecule has 0 radical (unpaired) electrons. The van der Waals surface area contributed by atoms with E-state index in [0.29, 0.717) is 17.2 Å². The minimum atomic E-state index is -0.453. The van der Waals surface area contributed by atoms with E-state index in [4.69, 9.17) is 9.47 Å². The van der Waals surface area contributed by atoms with E-state index in [9.17, 15) is 9.59 Å². The topological polar surface area (TPSA) is 80.4 Å². The van der Waals surface area contributed by atoms with Crippen molar-refractivity contribution in [3.63, 3.8) is 0 Å². The number of rotatable bonds is 6. The lowest BCUT2D eigenvalue weighted by Gasteiger charge is -2.18. The highest BCUT2D eigenvalue weighted by Crippen LogP contribution is 2.29. The minimum Gasteiger partial charge on any atom is -0.497 e. The van der Waals surface area contributed by atoms with Gasteiger partial charge in [0.05, 0.1) is 20.3 Å². The molecule has 0 unspecified atom stereocenters. The molecule has 0 saturated heterocycles. The molecule has 28 heavy (non-hydrogen) atoms. The van der Waals surface area contributed by atoms with E-state index in [2.05, 4.69) is 10.3 Å². The maximum atomic E-state index is 12.6. The van der Waals surface area contributed by atoms with E-state index in [1.807, 2.05) is 43.3 Å². The van der Waals surface area contributed by atoms with Crippen molar-refractivity contribution in [2.24, 2.45) is 0 Å². The predicted molar refractivity (Wildman–Crippen MR) is 108 cm³/mol. The molecule has 6 heteroatoms. The van der Waals surface area contributed by atoms with Crippen molar-refractivity contribution < 1.29 is 14.3 Å². The molecule has 1 amide bonds. The van der Waals surface area contributed by atoms with Gasteiger partial charge in [-0.25, -0.2) is 0 Å². The fraction of sp³-hybridized carbons (Fsp3) is 0.182. The standard InChI is InChI=1S/C22H22N2O4/c1-14(17-10-9-16(27-2)13-20(17)28-3)23-21(25)18-11-12-19(24-22(18)26)15-7-5-4-6-8-15/h4-14H,1-3H3,(H,23,25)(H,24,26)/t14-/m0/s1. The summed E-state index contributed by atoms with van der Waals surface area (Å²) in [6.45, 7) is 1.83. The molecule has 0 bridgehead atoms. The molecule has 6 nitrogen and oxygen atoms in total. The highest BCUT2D eigenvalue weighted by molar-refractivity contribution is 5.94. The average molecular weight is 378 g/mol. The normalized spacial score (nSPS) is 11.5. The van der Waals surface area contributed by atoms with Crippen molar-refractivity contribution in [1.82, 2.24) is 10.3 Å². The summed E-state index contributed by atoms with van der Waals surface area (Å²) in [5, 5.41) is 2.84. The molecule has 3 aromatic rings. The lowest BCUT2D eigenvalue weighted by molar-refractivity contribution is 0.0938. The summed E-state index contributed by atoms with van der Waals surface area (Å²) in [6.07, 6.45) is 0. The number of hydrogen-bond donors (Lipinski definition) is 2. The van der Waals surface area contributed by atoms with Crippen molar-refractivity contribution in [3.8, 4) is 22.8 Å². The molecule has 0 aliphatic carbocycles. The van der Waals surface area contributed by atoms with Gasteiger partial charge in [-0.2, -0.15) is 0 Å². The van der Waals surface area contributed by atoms with Crippen LogP contribution in [0.3, 0.4) is 0 Å². The Morgan fingerprint density at radius 2 is 1.75 bits per heavy atom. The van der Waals surface area contributed by atoms with Gasteiger partial charge in [-0.1, -0.05) is 30.3 Å². The third-order valence-electron chi connectivity index (χ3n) is 4.49. The number of carbonyl (C=O) groups excluding carboxylic acids is 1. The van der Waals surface area contributed by atoms with Crippen LogP contribution in [0.5, 0.6) is 11.5 Å². The number of benzene rings is 2. The van der Waals surface area contributed by atoms with Crippen LogP contribution in [0, 0.1) is 0 Å². The summed E-state index contributed by atoms with van der Waals surface area (Å²) >= 11 is 0. The average Bonchev–Trinajstić information content (AvgIpc) is 2.73. The lowest BCUT2D eigenvalue weighted by atomic mass is 10.1. The molecule has 0 saturated carbocycles. The molecular formula is C22H22N2O4. The molecular weight excluding hydrogens is 356 g/mol. The molecule has 1 atom stereocenters. The largest absolute Gasteiger partial charge is 0.497 e. The molecule has 144 valence electrons. The van der Waals surface area contributed by atoms with Gasteiger partial charge in [0.1, 0.15) is 17.1 Å². The second-order valence-electron chi connectivity index (χ2n) is 6.28. The Morgan fingerprint density at radius 3 is 2.39 bits per heavy atom. The fourth-order valence-electron chi connectivity index (χ4n) is 2.97. The Morgan fingerprint density at radius 1 is 1.00 bits per heavy atom. The van der Waals surface area contributed by atoms with E-state index in [1.54, 1.807) is 32.4 Å². The van der Waals surface area contributed by atoms with Gasteiger partial charge >= 0.3 is 0 Å². The van der Waals surface area contributed by atoms with Crippen LogP contribution in [0.1, 0.15) is 28.9 Å². The quantitative estimate of drug-likeness (QED) is 0.687. The summed E-state index contributed by atoms with van der Waals surface area (Å²) in [5.74, 6) is 0.804. The number of hydrogen-bond acceptors (Lipinski definition) is 4. The number of amides is 1.